The highest BCUT2D eigenvalue weighted by Crippen LogP contribution is 2.13. The van der Waals surface area contributed by atoms with Crippen LogP contribution in [0.4, 0.5) is 5.69 Å². The van der Waals surface area contributed by atoms with Gasteiger partial charge in [0.1, 0.15) is 12.2 Å². The maximum Gasteiger partial charge on any atom is 0.139 e. The Hall–Kier alpha value is -1.69. The van der Waals surface area contributed by atoms with Crippen molar-refractivity contribution < 1.29 is 4.21 Å². The third-order valence-electron chi connectivity index (χ3n) is 2.53. The van der Waals surface area contributed by atoms with Gasteiger partial charge in [0.15, 0.2) is 0 Å². The molecular formula is C12H16N4OS. The van der Waals surface area contributed by atoms with Crippen LogP contribution in [0.15, 0.2) is 35.5 Å². The van der Waals surface area contributed by atoms with Crippen molar-refractivity contribution in [1.82, 2.24) is 14.8 Å². The van der Waals surface area contributed by atoms with Crippen molar-refractivity contribution in [2.24, 2.45) is 0 Å². The van der Waals surface area contributed by atoms with Gasteiger partial charge < -0.3 is 5.73 Å². The minimum absolute atomic E-state index is 0.379. The van der Waals surface area contributed by atoms with E-state index in [0.29, 0.717) is 11.4 Å². The maximum absolute atomic E-state index is 12.2. The summed E-state index contributed by atoms with van der Waals surface area (Å²) in [7, 11) is -1.11. The first-order chi connectivity index (χ1) is 8.70. The lowest BCUT2D eigenvalue weighted by molar-refractivity contribution is 0.579. The number of aryl methyl sites for hydroxylation is 1. The molecule has 1 atom stereocenters. The van der Waals surface area contributed by atoms with Gasteiger partial charge in [-0.25, -0.2) is 9.67 Å². The van der Waals surface area contributed by atoms with Crippen molar-refractivity contribution in [2.45, 2.75) is 30.5 Å². The lowest BCUT2D eigenvalue weighted by Crippen LogP contribution is -2.08. The summed E-state index contributed by atoms with van der Waals surface area (Å²) in [4.78, 5) is 4.91. The molecule has 1 aromatic carbocycles. The number of hydrogen-bond donors (Lipinski definition) is 1. The van der Waals surface area contributed by atoms with Gasteiger partial charge in [-0.15, -0.1) is 0 Å². The summed E-state index contributed by atoms with van der Waals surface area (Å²) < 4.78 is 14.0. The van der Waals surface area contributed by atoms with Crippen LogP contribution >= 0.6 is 0 Å². The molecule has 1 heterocycles. The van der Waals surface area contributed by atoms with Crippen LogP contribution in [-0.2, 0) is 23.1 Å². The summed E-state index contributed by atoms with van der Waals surface area (Å²) in [5.41, 5.74) is 6.27. The minimum atomic E-state index is -1.11. The van der Waals surface area contributed by atoms with E-state index in [-0.39, 0.29) is 0 Å². The van der Waals surface area contributed by atoms with Gasteiger partial charge in [0.2, 0.25) is 0 Å². The van der Waals surface area contributed by atoms with E-state index in [9.17, 15) is 4.21 Å². The van der Waals surface area contributed by atoms with Crippen molar-refractivity contribution in [1.29, 1.82) is 0 Å². The van der Waals surface area contributed by atoms with Gasteiger partial charge in [-0.1, -0.05) is 6.92 Å². The highest BCUT2D eigenvalue weighted by Gasteiger charge is 2.10. The molecular weight excluding hydrogens is 248 g/mol. The largest absolute Gasteiger partial charge is 0.399 e. The molecule has 0 fully saturated rings. The zero-order chi connectivity index (χ0) is 13.0. The Morgan fingerprint density at radius 2 is 2.06 bits per heavy atom. The zero-order valence-electron chi connectivity index (χ0n) is 10.2. The number of rotatable bonds is 5. The number of aromatic nitrogens is 3. The van der Waals surface area contributed by atoms with Crippen LogP contribution in [0.1, 0.15) is 19.2 Å². The molecule has 0 bridgehead atoms. The van der Waals surface area contributed by atoms with Crippen molar-refractivity contribution in [3.05, 3.63) is 36.4 Å². The van der Waals surface area contributed by atoms with E-state index in [0.717, 1.165) is 23.7 Å². The number of benzene rings is 1. The van der Waals surface area contributed by atoms with Crippen LogP contribution in [0.2, 0.25) is 0 Å². The molecule has 2 rings (SSSR count). The molecule has 0 aliphatic heterocycles. The molecule has 1 unspecified atom stereocenters. The maximum atomic E-state index is 12.2. The van der Waals surface area contributed by atoms with E-state index < -0.39 is 10.8 Å². The van der Waals surface area contributed by atoms with Crippen LogP contribution in [0, 0.1) is 0 Å². The summed E-state index contributed by atoms with van der Waals surface area (Å²) >= 11 is 0. The first kappa shape index (κ1) is 12.8. The molecule has 18 heavy (non-hydrogen) atoms. The monoisotopic (exact) mass is 264 g/mol. The molecule has 5 nitrogen and oxygen atoms in total. The number of nitrogens with two attached hydrogens (primary N) is 1. The topological polar surface area (TPSA) is 73.8 Å². The smallest absolute Gasteiger partial charge is 0.139 e. The Morgan fingerprint density at radius 1 is 1.33 bits per heavy atom. The second kappa shape index (κ2) is 5.77. The predicted octanol–water partition coefficient (Wildman–Crippen LogP) is 1.58. The van der Waals surface area contributed by atoms with Gasteiger partial charge in [0, 0.05) is 17.1 Å². The number of anilines is 1. The Morgan fingerprint density at radius 3 is 2.72 bits per heavy atom. The van der Waals surface area contributed by atoms with Crippen LogP contribution in [0.5, 0.6) is 0 Å². The van der Waals surface area contributed by atoms with E-state index in [4.69, 9.17) is 5.73 Å². The summed E-state index contributed by atoms with van der Waals surface area (Å²) in [6.45, 7) is 2.87. The normalized spacial score (nSPS) is 12.5. The molecule has 0 saturated carbocycles. The molecule has 2 aromatic rings. The molecule has 0 saturated heterocycles. The standard InChI is InChI=1S/C12H16N4OS/c1-2-7-16-12(14-9-15-16)8-18(17)11-5-3-10(13)4-6-11/h3-6,9H,2,7-8,13H2,1H3. The average Bonchev–Trinajstić information content (AvgIpc) is 2.78. The van der Waals surface area contributed by atoms with E-state index in [1.54, 1.807) is 28.9 Å². The van der Waals surface area contributed by atoms with Gasteiger partial charge in [0.05, 0.1) is 16.6 Å². The second-order valence-electron chi connectivity index (χ2n) is 3.96. The number of nitrogen functional groups attached to an aromatic ring is 1. The molecule has 0 aliphatic carbocycles. The average molecular weight is 264 g/mol. The van der Waals surface area contributed by atoms with Crippen LogP contribution in [0.25, 0.3) is 0 Å². The lowest BCUT2D eigenvalue weighted by Gasteiger charge is -2.05. The summed E-state index contributed by atoms with van der Waals surface area (Å²) in [5.74, 6) is 1.14. The highest BCUT2D eigenvalue weighted by atomic mass is 32.2. The first-order valence-corrected chi connectivity index (χ1v) is 7.13. The van der Waals surface area contributed by atoms with Gasteiger partial charge in [0.25, 0.3) is 0 Å². The quantitative estimate of drug-likeness (QED) is 0.832. The molecule has 0 aliphatic rings. The van der Waals surface area contributed by atoms with Crippen molar-refractivity contribution >= 4 is 16.5 Å². The molecule has 6 heteroatoms. The molecule has 0 amide bonds. The lowest BCUT2D eigenvalue weighted by atomic mass is 10.3. The Balaban J connectivity index is 2.11. The SMILES string of the molecule is CCCn1ncnc1CS(=O)c1ccc(N)cc1. The number of hydrogen-bond acceptors (Lipinski definition) is 4. The van der Waals surface area contributed by atoms with Gasteiger partial charge in [-0.05, 0) is 30.7 Å². The second-order valence-corrected chi connectivity index (χ2v) is 5.41. The first-order valence-electron chi connectivity index (χ1n) is 5.81. The summed E-state index contributed by atoms with van der Waals surface area (Å²) in [5, 5.41) is 4.12. The van der Waals surface area contributed by atoms with E-state index in [2.05, 4.69) is 17.0 Å². The fourth-order valence-corrected chi connectivity index (χ4v) is 2.68. The van der Waals surface area contributed by atoms with Gasteiger partial charge in [-0.3, -0.25) is 4.21 Å². The predicted molar refractivity (Wildman–Crippen MR) is 71.3 cm³/mol. The fraction of sp³-hybridized carbons (Fsp3) is 0.333. The van der Waals surface area contributed by atoms with E-state index in [1.807, 2.05) is 0 Å². The van der Waals surface area contributed by atoms with Gasteiger partial charge >= 0.3 is 0 Å². The molecule has 1 aromatic heterocycles. The Labute approximate surface area is 108 Å². The molecule has 0 radical (unpaired) electrons. The summed E-state index contributed by atoms with van der Waals surface area (Å²) in [6.07, 6.45) is 2.48. The Kier molecular flexibility index (Phi) is 4.09. The fourth-order valence-electron chi connectivity index (χ4n) is 1.62. The van der Waals surface area contributed by atoms with Crippen molar-refractivity contribution in [3.8, 4) is 0 Å². The van der Waals surface area contributed by atoms with Crippen molar-refractivity contribution in [3.63, 3.8) is 0 Å². The molecule has 0 spiro atoms. The van der Waals surface area contributed by atoms with Crippen molar-refractivity contribution in [2.75, 3.05) is 5.73 Å². The highest BCUT2D eigenvalue weighted by molar-refractivity contribution is 7.84. The van der Waals surface area contributed by atoms with Crippen LogP contribution in [0.3, 0.4) is 0 Å². The third-order valence-corrected chi connectivity index (χ3v) is 3.85. The Bertz CT molecular complexity index is 535. The zero-order valence-corrected chi connectivity index (χ0v) is 11.1. The molecule has 2 N–H and O–H groups in total. The summed E-state index contributed by atoms with van der Waals surface area (Å²) in [6, 6.07) is 7.08. The number of nitrogens with zero attached hydrogens (tertiary/aromatic N) is 3. The van der Waals surface area contributed by atoms with Crippen LogP contribution in [-0.4, -0.2) is 19.0 Å². The van der Waals surface area contributed by atoms with Crippen LogP contribution < -0.4 is 5.73 Å². The minimum Gasteiger partial charge on any atom is -0.399 e. The molecule has 96 valence electrons. The third kappa shape index (κ3) is 2.95. The van der Waals surface area contributed by atoms with Gasteiger partial charge in [-0.2, -0.15) is 5.10 Å². The van der Waals surface area contributed by atoms with E-state index in [1.165, 1.54) is 6.33 Å². The van der Waals surface area contributed by atoms with E-state index >= 15 is 0 Å².